The molecule has 2 aromatic heterocycles. The normalized spacial score (nSPS) is 17.4. The van der Waals surface area contributed by atoms with Crippen LogP contribution in [0.25, 0.3) is 11.0 Å². The third-order valence-electron chi connectivity index (χ3n) is 6.89. The van der Waals surface area contributed by atoms with Crippen LogP contribution in [-0.4, -0.2) is 35.9 Å². The van der Waals surface area contributed by atoms with Crippen molar-refractivity contribution in [3.8, 4) is 0 Å². The summed E-state index contributed by atoms with van der Waals surface area (Å²) in [6, 6.07) is 11.4. The zero-order valence-electron chi connectivity index (χ0n) is 21.1. The van der Waals surface area contributed by atoms with Crippen molar-refractivity contribution in [2.24, 2.45) is 0 Å². The molecule has 1 unspecified atom stereocenters. The molecule has 0 fully saturated rings. The number of carbonyl (C=O) groups excluding carboxylic acids is 3. The van der Waals surface area contributed by atoms with Crippen LogP contribution >= 0.6 is 22.9 Å². The quantitative estimate of drug-likeness (QED) is 0.236. The van der Waals surface area contributed by atoms with Crippen LogP contribution in [0, 0.1) is 6.92 Å². The number of anilines is 2. The minimum atomic E-state index is -1.95. The van der Waals surface area contributed by atoms with Gasteiger partial charge in [0.1, 0.15) is 17.1 Å². The van der Waals surface area contributed by atoms with Crippen LogP contribution in [-0.2, 0) is 15.1 Å². The summed E-state index contributed by atoms with van der Waals surface area (Å²) in [6.45, 7) is 9.02. The number of ether oxygens (including phenoxy) is 1. The van der Waals surface area contributed by atoms with Gasteiger partial charge in [-0.2, -0.15) is 0 Å². The number of hydrogen-bond donors (Lipinski definition) is 0. The molecule has 1 spiro atoms. The number of benzene rings is 2. The number of aryl methyl sites for hydroxylation is 1. The van der Waals surface area contributed by atoms with Gasteiger partial charge in [-0.05, 0) is 31.2 Å². The summed E-state index contributed by atoms with van der Waals surface area (Å²) in [5.74, 6) is -2.24. The van der Waals surface area contributed by atoms with E-state index in [0.29, 0.717) is 22.0 Å². The molecule has 1 atom stereocenters. The number of halogens is 1. The van der Waals surface area contributed by atoms with E-state index >= 15 is 0 Å². The fourth-order valence-electron chi connectivity index (χ4n) is 5.31. The number of hydrogen-bond acceptors (Lipinski definition) is 8. The number of fused-ring (bicyclic) bond motifs is 5. The largest absolute Gasteiger partial charge is 0.457 e. The lowest BCUT2D eigenvalue weighted by atomic mass is 9.84. The first kappa shape index (κ1) is 25.7. The summed E-state index contributed by atoms with van der Waals surface area (Å²) in [5, 5.41) is 0.445. The number of para-hydroxylation sites is 1. The maximum Gasteiger partial charge on any atom is 0.350 e. The lowest BCUT2D eigenvalue weighted by Gasteiger charge is -2.32. The van der Waals surface area contributed by atoms with Crippen molar-refractivity contribution in [3.63, 3.8) is 0 Å². The molecule has 9 nitrogen and oxygen atoms in total. The Bertz CT molecular complexity index is 1860. The highest BCUT2D eigenvalue weighted by Crippen LogP contribution is 2.54. The molecular weight excluding hydrogens is 554 g/mol. The topological polar surface area (TPSA) is 110 Å². The van der Waals surface area contributed by atoms with Crippen LogP contribution < -0.4 is 15.2 Å². The molecule has 11 heteroatoms. The highest BCUT2D eigenvalue weighted by atomic mass is 35.5. The van der Waals surface area contributed by atoms with E-state index in [1.54, 1.807) is 43.3 Å². The molecule has 0 aliphatic carbocycles. The summed E-state index contributed by atoms with van der Waals surface area (Å²) < 4.78 is 11.2. The van der Waals surface area contributed by atoms with Crippen LogP contribution in [0.15, 0.2) is 77.0 Å². The van der Waals surface area contributed by atoms with Crippen molar-refractivity contribution >= 4 is 62.5 Å². The number of thiazole rings is 1. The van der Waals surface area contributed by atoms with Crippen LogP contribution in [0.5, 0.6) is 0 Å². The lowest BCUT2D eigenvalue weighted by molar-refractivity contribution is -0.121. The van der Waals surface area contributed by atoms with Gasteiger partial charge in [-0.3, -0.25) is 19.3 Å². The molecule has 2 aliphatic rings. The summed E-state index contributed by atoms with van der Waals surface area (Å²) >= 11 is 7.09. The van der Waals surface area contributed by atoms with Gasteiger partial charge in [-0.1, -0.05) is 59.9 Å². The number of aromatic nitrogens is 1. The zero-order chi connectivity index (χ0) is 28.3. The van der Waals surface area contributed by atoms with E-state index in [0.717, 1.165) is 16.2 Å². The summed E-state index contributed by atoms with van der Waals surface area (Å²) in [6.07, 6.45) is 2.99. The van der Waals surface area contributed by atoms with Gasteiger partial charge in [0.25, 0.3) is 11.8 Å². The maximum atomic E-state index is 14.5. The molecule has 0 radical (unpaired) electrons. The highest BCUT2D eigenvalue weighted by Gasteiger charge is 2.66. The van der Waals surface area contributed by atoms with E-state index < -0.39 is 28.8 Å². The van der Waals surface area contributed by atoms with Gasteiger partial charge in [-0.25, -0.2) is 9.78 Å². The number of amides is 2. The molecule has 4 heterocycles. The smallest absolute Gasteiger partial charge is 0.350 e. The van der Waals surface area contributed by atoms with Crippen LogP contribution in [0.4, 0.5) is 10.8 Å². The monoisotopic (exact) mass is 573 g/mol. The molecule has 4 aromatic rings. The molecule has 0 bridgehead atoms. The minimum Gasteiger partial charge on any atom is -0.457 e. The van der Waals surface area contributed by atoms with Gasteiger partial charge < -0.3 is 14.1 Å². The Kier molecular flexibility index (Phi) is 5.97. The molecular formula is C29H20ClN3O6S. The second-order valence-corrected chi connectivity index (χ2v) is 10.6. The van der Waals surface area contributed by atoms with E-state index in [9.17, 15) is 19.2 Å². The van der Waals surface area contributed by atoms with E-state index in [-0.39, 0.29) is 45.5 Å². The number of carbonyl (C=O) groups is 3. The molecule has 0 saturated carbocycles. The van der Waals surface area contributed by atoms with E-state index in [1.165, 1.54) is 23.1 Å². The van der Waals surface area contributed by atoms with Crippen LogP contribution in [0.3, 0.4) is 0 Å². The Morgan fingerprint density at radius 2 is 1.95 bits per heavy atom. The Balaban J connectivity index is 1.70. The average molecular weight is 574 g/mol. The third kappa shape index (κ3) is 3.36. The fraction of sp³-hybridized carbons (Fsp3) is 0.138. The Morgan fingerprint density at radius 3 is 2.70 bits per heavy atom. The molecule has 40 heavy (non-hydrogen) atoms. The molecule has 6 rings (SSSR count). The SMILES string of the molecule is C=CCOC(=O)c1sc(N2C(=O)c3oc4ccc(Cl)cc4c(=O)c3C23C(=O)N(CC=C)c2ccccc23)nc1C. The van der Waals surface area contributed by atoms with Crippen molar-refractivity contribution in [1.29, 1.82) is 0 Å². The van der Waals surface area contributed by atoms with Gasteiger partial charge in [-0.15, -0.1) is 6.58 Å². The van der Waals surface area contributed by atoms with Gasteiger partial charge >= 0.3 is 5.97 Å². The average Bonchev–Trinajstić information content (AvgIpc) is 3.53. The Hall–Kier alpha value is -4.54. The van der Waals surface area contributed by atoms with Crippen molar-refractivity contribution in [1.82, 2.24) is 4.98 Å². The van der Waals surface area contributed by atoms with Crippen LogP contribution in [0.2, 0.25) is 5.02 Å². The van der Waals surface area contributed by atoms with Gasteiger partial charge in [0, 0.05) is 17.1 Å². The predicted octanol–water partition coefficient (Wildman–Crippen LogP) is 4.99. The third-order valence-corrected chi connectivity index (χ3v) is 8.25. The molecule has 2 aromatic carbocycles. The number of esters is 1. The van der Waals surface area contributed by atoms with Gasteiger partial charge in [0.15, 0.2) is 16.1 Å². The standard InChI is InChI=1S/C29H20ClN3O6S/c1-4-12-32-19-9-7-6-8-18(19)29(27(32)37)21-22(34)17-14-16(30)10-11-20(17)39-23(21)25(35)33(29)28-31-15(3)24(40-28)26(36)38-13-5-2/h4-11,14H,1-2,12-13H2,3H3. The van der Waals surface area contributed by atoms with Crippen molar-refractivity contribution in [3.05, 3.63) is 110 Å². The molecule has 2 aliphatic heterocycles. The number of rotatable bonds is 6. The fourth-order valence-corrected chi connectivity index (χ4v) is 6.50. The number of nitrogens with zero attached hydrogens (tertiary/aromatic N) is 3. The minimum absolute atomic E-state index is 0.0144. The molecule has 200 valence electrons. The summed E-state index contributed by atoms with van der Waals surface area (Å²) in [4.78, 5) is 63.0. The lowest BCUT2D eigenvalue weighted by Crippen LogP contribution is -2.53. The Morgan fingerprint density at radius 1 is 1.18 bits per heavy atom. The summed E-state index contributed by atoms with van der Waals surface area (Å²) in [5.41, 5.74) is -1.32. The van der Waals surface area contributed by atoms with Crippen molar-refractivity contribution in [2.45, 2.75) is 12.5 Å². The van der Waals surface area contributed by atoms with E-state index in [4.69, 9.17) is 20.8 Å². The predicted molar refractivity (Wildman–Crippen MR) is 151 cm³/mol. The first-order valence-electron chi connectivity index (χ1n) is 12.1. The molecule has 2 amide bonds. The maximum absolute atomic E-state index is 14.5. The first-order chi connectivity index (χ1) is 19.2. The van der Waals surface area contributed by atoms with Gasteiger partial charge in [0.2, 0.25) is 5.76 Å². The second-order valence-electron chi connectivity index (χ2n) is 9.15. The Labute approximate surface area is 236 Å². The van der Waals surface area contributed by atoms with E-state index in [2.05, 4.69) is 18.1 Å². The summed E-state index contributed by atoms with van der Waals surface area (Å²) in [7, 11) is 0. The van der Waals surface area contributed by atoms with Crippen molar-refractivity contribution in [2.75, 3.05) is 23.0 Å². The van der Waals surface area contributed by atoms with Gasteiger partial charge in [0.05, 0.1) is 22.3 Å². The zero-order valence-corrected chi connectivity index (χ0v) is 22.7. The van der Waals surface area contributed by atoms with E-state index in [1.807, 2.05) is 0 Å². The second kappa shape index (κ2) is 9.29. The highest BCUT2D eigenvalue weighted by molar-refractivity contribution is 7.17. The molecule has 0 saturated heterocycles. The van der Waals surface area contributed by atoms with Crippen molar-refractivity contribution < 1.29 is 23.5 Å². The molecule has 0 N–H and O–H groups in total. The first-order valence-corrected chi connectivity index (χ1v) is 13.3. The van der Waals surface area contributed by atoms with Crippen LogP contribution in [0.1, 0.15) is 37.0 Å².